The molecule has 0 amide bonds. The van der Waals surface area contributed by atoms with E-state index in [0.29, 0.717) is 0 Å². The van der Waals surface area contributed by atoms with E-state index in [1.165, 1.54) is 24.1 Å². The Labute approximate surface area is 96.7 Å². The first-order valence-corrected chi connectivity index (χ1v) is 5.41. The summed E-state index contributed by atoms with van der Waals surface area (Å²) in [6.45, 7) is 0. The van der Waals surface area contributed by atoms with Gasteiger partial charge in [0.05, 0.1) is 10.6 Å². The maximum Gasteiger partial charge on any atom is 0.417 e. The Morgan fingerprint density at radius 3 is 2.31 bits per heavy atom. The van der Waals surface area contributed by atoms with Crippen LogP contribution in [0.4, 0.5) is 13.2 Å². The van der Waals surface area contributed by atoms with Crippen molar-refractivity contribution < 1.29 is 13.2 Å². The summed E-state index contributed by atoms with van der Waals surface area (Å²) < 4.78 is 37.3. The first kappa shape index (κ1) is 11.5. The van der Waals surface area contributed by atoms with Crippen LogP contribution in [0.1, 0.15) is 30.4 Å². The molecule has 0 spiro atoms. The van der Waals surface area contributed by atoms with Gasteiger partial charge in [-0.3, -0.25) is 0 Å². The van der Waals surface area contributed by atoms with Gasteiger partial charge < -0.3 is 0 Å². The molecule has 0 radical (unpaired) electrons. The topological polar surface area (TPSA) is 0 Å². The monoisotopic (exact) mass is 246 g/mol. The van der Waals surface area contributed by atoms with Crippen molar-refractivity contribution in [1.29, 1.82) is 0 Å². The number of rotatable bonds is 1. The molecule has 1 fully saturated rings. The first-order chi connectivity index (χ1) is 7.47. The number of hydrogen-bond donors (Lipinski definition) is 0. The minimum Gasteiger partial charge on any atom is -0.166 e. The van der Waals surface area contributed by atoms with Crippen molar-refractivity contribution in [2.75, 3.05) is 0 Å². The second-order valence-electron chi connectivity index (χ2n) is 3.89. The fourth-order valence-corrected chi connectivity index (χ4v) is 1.91. The Morgan fingerprint density at radius 1 is 1.19 bits per heavy atom. The van der Waals surface area contributed by atoms with E-state index in [9.17, 15) is 13.2 Å². The maximum absolute atomic E-state index is 12.4. The first-order valence-electron chi connectivity index (χ1n) is 5.03. The van der Waals surface area contributed by atoms with Crippen molar-refractivity contribution >= 4 is 17.7 Å². The molecule has 0 N–H and O–H groups in total. The maximum atomic E-state index is 12.4. The van der Waals surface area contributed by atoms with E-state index in [-0.39, 0.29) is 5.02 Å². The Hall–Kier alpha value is -0.960. The average molecular weight is 247 g/mol. The summed E-state index contributed by atoms with van der Waals surface area (Å²) in [5, 5.41) is -0.235. The molecule has 0 unspecified atom stereocenters. The number of alkyl halides is 3. The lowest BCUT2D eigenvalue weighted by Crippen LogP contribution is -2.05. The number of hydrogen-bond acceptors (Lipinski definition) is 0. The molecule has 0 aromatic heterocycles. The molecule has 2 rings (SSSR count). The summed E-state index contributed by atoms with van der Waals surface area (Å²) in [6, 6.07) is 3.86. The summed E-state index contributed by atoms with van der Waals surface area (Å²) in [5.41, 5.74) is 1.24. The molecule has 1 saturated carbocycles. The van der Waals surface area contributed by atoms with Crippen molar-refractivity contribution in [3.8, 4) is 0 Å². The highest BCUT2D eigenvalue weighted by Gasteiger charge is 2.32. The molecule has 0 nitrogen and oxygen atoms in total. The zero-order valence-electron chi connectivity index (χ0n) is 8.44. The molecular formula is C12H10ClF3. The smallest absolute Gasteiger partial charge is 0.166 e. The highest BCUT2D eigenvalue weighted by Crippen LogP contribution is 2.36. The highest BCUT2D eigenvalue weighted by atomic mass is 35.5. The van der Waals surface area contributed by atoms with Crippen LogP contribution in [0, 0.1) is 0 Å². The summed E-state index contributed by atoms with van der Waals surface area (Å²) >= 11 is 5.61. The van der Waals surface area contributed by atoms with Crippen molar-refractivity contribution in [3.63, 3.8) is 0 Å². The van der Waals surface area contributed by atoms with Gasteiger partial charge in [-0.15, -0.1) is 0 Å². The SMILES string of the molecule is FC(F)(F)c1ccc(C=C2CCC2)cc1Cl. The molecule has 16 heavy (non-hydrogen) atoms. The summed E-state index contributed by atoms with van der Waals surface area (Å²) in [5.74, 6) is 0. The van der Waals surface area contributed by atoms with E-state index in [1.54, 1.807) is 0 Å². The van der Waals surface area contributed by atoms with Crippen LogP contribution >= 0.6 is 11.6 Å². The predicted molar refractivity (Wildman–Crippen MR) is 58.3 cm³/mol. The summed E-state index contributed by atoms with van der Waals surface area (Å²) in [4.78, 5) is 0. The van der Waals surface area contributed by atoms with Crippen LogP contribution in [0.25, 0.3) is 6.08 Å². The molecule has 0 bridgehead atoms. The van der Waals surface area contributed by atoms with Crippen LogP contribution in [0.2, 0.25) is 5.02 Å². The van der Waals surface area contributed by atoms with Gasteiger partial charge in [-0.25, -0.2) is 0 Å². The van der Waals surface area contributed by atoms with E-state index >= 15 is 0 Å². The van der Waals surface area contributed by atoms with E-state index in [4.69, 9.17) is 11.6 Å². The van der Waals surface area contributed by atoms with Crippen molar-refractivity contribution in [1.82, 2.24) is 0 Å². The zero-order chi connectivity index (χ0) is 11.8. The molecule has 1 aliphatic carbocycles. The Bertz CT molecular complexity index is 426. The largest absolute Gasteiger partial charge is 0.417 e. The fourth-order valence-electron chi connectivity index (χ4n) is 1.61. The van der Waals surface area contributed by atoms with Crippen molar-refractivity contribution in [2.24, 2.45) is 0 Å². The molecule has 0 atom stereocenters. The van der Waals surface area contributed by atoms with Gasteiger partial charge in [0.2, 0.25) is 0 Å². The summed E-state index contributed by atoms with van der Waals surface area (Å²) in [7, 11) is 0. The van der Waals surface area contributed by atoms with Crippen LogP contribution < -0.4 is 0 Å². The molecule has 86 valence electrons. The van der Waals surface area contributed by atoms with Crippen LogP contribution in [-0.4, -0.2) is 0 Å². The van der Waals surface area contributed by atoms with Crippen LogP contribution in [0.5, 0.6) is 0 Å². The van der Waals surface area contributed by atoms with Gasteiger partial charge in [0, 0.05) is 0 Å². The standard InChI is InChI=1S/C12H10ClF3/c13-11-7-9(6-8-2-1-3-8)4-5-10(11)12(14,15)16/h4-7H,1-3H2. The molecular weight excluding hydrogens is 237 g/mol. The quantitative estimate of drug-likeness (QED) is 0.659. The van der Waals surface area contributed by atoms with Gasteiger partial charge in [-0.05, 0) is 37.0 Å². The third-order valence-electron chi connectivity index (χ3n) is 2.67. The van der Waals surface area contributed by atoms with Crippen LogP contribution in [0.3, 0.4) is 0 Å². The molecule has 0 saturated heterocycles. The van der Waals surface area contributed by atoms with Gasteiger partial charge in [-0.1, -0.05) is 29.3 Å². The Morgan fingerprint density at radius 2 is 1.88 bits per heavy atom. The number of benzene rings is 1. The van der Waals surface area contributed by atoms with Crippen molar-refractivity contribution in [2.45, 2.75) is 25.4 Å². The molecule has 4 heteroatoms. The lowest BCUT2D eigenvalue weighted by atomic mass is 9.90. The van der Waals surface area contributed by atoms with E-state index in [0.717, 1.165) is 24.5 Å². The zero-order valence-corrected chi connectivity index (χ0v) is 9.20. The molecule has 0 aliphatic heterocycles. The van der Waals surface area contributed by atoms with Crippen LogP contribution in [0.15, 0.2) is 23.8 Å². The molecule has 1 aliphatic rings. The third-order valence-corrected chi connectivity index (χ3v) is 2.98. The number of allylic oxidation sites excluding steroid dienone is 1. The van der Waals surface area contributed by atoms with Gasteiger partial charge in [0.25, 0.3) is 0 Å². The van der Waals surface area contributed by atoms with Gasteiger partial charge in [0.1, 0.15) is 0 Å². The minimum absolute atomic E-state index is 0.235. The molecule has 1 aromatic rings. The number of halogens is 4. The minimum atomic E-state index is -4.38. The molecule has 1 aromatic carbocycles. The van der Waals surface area contributed by atoms with Gasteiger partial charge in [0.15, 0.2) is 0 Å². The van der Waals surface area contributed by atoms with Crippen molar-refractivity contribution in [3.05, 3.63) is 39.9 Å². The summed E-state index contributed by atoms with van der Waals surface area (Å²) in [6.07, 6.45) is 0.784. The lowest BCUT2D eigenvalue weighted by molar-refractivity contribution is -0.137. The van der Waals surface area contributed by atoms with Crippen LogP contribution in [-0.2, 0) is 6.18 Å². The average Bonchev–Trinajstić information content (AvgIpc) is 2.09. The second kappa shape index (κ2) is 4.13. The Kier molecular flexibility index (Phi) is 2.98. The highest BCUT2D eigenvalue weighted by molar-refractivity contribution is 6.31. The van der Waals surface area contributed by atoms with E-state index < -0.39 is 11.7 Å². The molecule has 0 heterocycles. The van der Waals surface area contributed by atoms with E-state index in [2.05, 4.69) is 0 Å². The van der Waals surface area contributed by atoms with Gasteiger partial charge in [-0.2, -0.15) is 13.2 Å². The van der Waals surface area contributed by atoms with Gasteiger partial charge >= 0.3 is 6.18 Å². The third kappa shape index (κ3) is 2.40. The normalized spacial score (nSPS) is 15.9. The second-order valence-corrected chi connectivity index (χ2v) is 4.30. The Balaban J connectivity index is 2.29. The predicted octanol–water partition coefficient (Wildman–Crippen LogP) is 4.93. The lowest BCUT2D eigenvalue weighted by Gasteiger charge is -2.16. The fraction of sp³-hybridized carbons (Fsp3) is 0.333. The van der Waals surface area contributed by atoms with E-state index in [1.807, 2.05) is 6.08 Å².